The summed E-state index contributed by atoms with van der Waals surface area (Å²) in [5.74, 6) is 1.39. The van der Waals surface area contributed by atoms with Gasteiger partial charge >= 0.3 is 0 Å². The predicted octanol–water partition coefficient (Wildman–Crippen LogP) is 2.68. The number of hydrogen-bond donors (Lipinski definition) is 1. The molecule has 1 atom stereocenters. The van der Waals surface area contributed by atoms with Crippen molar-refractivity contribution in [3.63, 3.8) is 0 Å². The third kappa shape index (κ3) is 4.13. The first-order valence-corrected chi connectivity index (χ1v) is 8.46. The zero-order valence-electron chi connectivity index (χ0n) is 12.5. The van der Waals surface area contributed by atoms with E-state index in [9.17, 15) is 9.59 Å². The predicted molar refractivity (Wildman–Crippen MR) is 90.8 cm³/mol. The van der Waals surface area contributed by atoms with Gasteiger partial charge in [-0.05, 0) is 24.1 Å². The molecule has 1 N–H and O–H groups in total. The Bertz CT molecular complexity index is 685. The van der Waals surface area contributed by atoms with E-state index in [2.05, 4.69) is 5.32 Å². The summed E-state index contributed by atoms with van der Waals surface area (Å²) in [6.07, 6.45) is 0.708. The molecule has 0 aromatic heterocycles. The zero-order chi connectivity index (χ0) is 16.1. The highest BCUT2D eigenvalue weighted by Gasteiger charge is 2.24. The number of thioether (sulfide) groups is 1. The second kappa shape index (κ2) is 7.33. The maximum absolute atomic E-state index is 12.0. The fraction of sp³-hybridized carbons (Fsp3) is 0.222. The average Bonchev–Trinajstić information content (AvgIpc) is 2.99. The van der Waals surface area contributed by atoms with Gasteiger partial charge in [-0.25, -0.2) is 0 Å². The van der Waals surface area contributed by atoms with Crippen LogP contribution in [-0.2, 0) is 11.2 Å². The molecule has 0 saturated carbocycles. The summed E-state index contributed by atoms with van der Waals surface area (Å²) < 4.78 is 5.53. The molecular weight excluding hydrogens is 310 g/mol. The number of Topliss-reactive ketones (excluding diaryl/α,β-unsaturated/α-hetero) is 1. The summed E-state index contributed by atoms with van der Waals surface area (Å²) in [5.41, 5.74) is 1.73. The quantitative estimate of drug-likeness (QED) is 0.829. The van der Waals surface area contributed by atoms with E-state index in [1.807, 2.05) is 42.5 Å². The number of carbonyl (C=O) groups is 2. The van der Waals surface area contributed by atoms with Crippen LogP contribution in [0.5, 0.6) is 5.75 Å². The first kappa shape index (κ1) is 15.6. The lowest BCUT2D eigenvalue weighted by molar-refractivity contribution is -0.119. The van der Waals surface area contributed by atoms with Crippen molar-refractivity contribution in [2.75, 3.05) is 12.5 Å². The minimum absolute atomic E-state index is 0.0126. The number of carbonyl (C=O) groups excluding carboxylic acids is 2. The molecule has 1 amide bonds. The smallest absolute Gasteiger partial charge is 0.234 e. The van der Waals surface area contributed by atoms with Crippen LogP contribution >= 0.6 is 11.8 Å². The number of ketones is 1. The summed E-state index contributed by atoms with van der Waals surface area (Å²) in [7, 11) is 0. The molecule has 0 radical (unpaired) electrons. The van der Waals surface area contributed by atoms with Crippen LogP contribution in [0.15, 0.2) is 54.6 Å². The normalized spacial score (nSPS) is 16.9. The Hall–Kier alpha value is -2.27. The standard InChI is InChI=1S/C18H17NO3S/c20-16(14-4-2-1-3-5-14)11-22-15-8-6-13(7-9-15)10-17-18(21)19-12-23-17/h1-9,17H,10-12H2,(H,19,21). The van der Waals surface area contributed by atoms with Crippen LogP contribution < -0.4 is 10.1 Å². The van der Waals surface area contributed by atoms with Crippen molar-refractivity contribution in [1.82, 2.24) is 5.32 Å². The molecule has 1 aliphatic heterocycles. The highest BCUT2D eigenvalue weighted by molar-refractivity contribution is 8.01. The van der Waals surface area contributed by atoms with Crippen LogP contribution in [0.1, 0.15) is 15.9 Å². The fourth-order valence-corrected chi connectivity index (χ4v) is 3.32. The van der Waals surface area contributed by atoms with Crippen LogP contribution in [0.3, 0.4) is 0 Å². The van der Waals surface area contributed by atoms with Crippen molar-refractivity contribution in [3.05, 3.63) is 65.7 Å². The second-order valence-electron chi connectivity index (χ2n) is 5.27. The van der Waals surface area contributed by atoms with Crippen LogP contribution in [-0.4, -0.2) is 29.4 Å². The summed E-state index contributed by atoms with van der Waals surface area (Å²) in [6, 6.07) is 16.6. The molecule has 1 aliphatic rings. The van der Waals surface area contributed by atoms with Gasteiger partial charge in [0.25, 0.3) is 0 Å². The van der Waals surface area contributed by atoms with E-state index in [1.165, 1.54) is 0 Å². The maximum atomic E-state index is 12.0. The molecule has 118 valence electrons. The molecular formula is C18H17NO3S. The molecule has 1 unspecified atom stereocenters. The highest BCUT2D eigenvalue weighted by Crippen LogP contribution is 2.22. The molecule has 0 aliphatic carbocycles. The number of rotatable bonds is 6. The lowest BCUT2D eigenvalue weighted by Crippen LogP contribution is -2.23. The van der Waals surface area contributed by atoms with Crippen molar-refractivity contribution in [2.24, 2.45) is 0 Å². The number of amides is 1. The van der Waals surface area contributed by atoms with Gasteiger partial charge in [0.2, 0.25) is 5.91 Å². The molecule has 0 spiro atoms. The van der Waals surface area contributed by atoms with Crippen molar-refractivity contribution in [3.8, 4) is 5.75 Å². The first-order chi connectivity index (χ1) is 11.2. The van der Waals surface area contributed by atoms with E-state index in [1.54, 1.807) is 23.9 Å². The minimum Gasteiger partial charge on any atom is -0.485 e. The lowest BCUT2D eigenvalue weighted by Gasteiger charge is -2.08. The van der Waals surface area contributed by atoms with Gasteiger partial charge in [0, 0.05) is 5.56 Å². The van der Waals surface area contributed by atoms with Gasteiger partial charge in [-0.2, -0.15) is 0 Å². The minimum atomic E-state index is -0.0475. The van der Waals surface area contributed by atoms with Crippen molar-refractivity contribution in [2.45, 2.75) is 11.7 Å². The number of benzene rings is 2. The van der Waals surface area contributed by atoms with Crippen LogP contribution in [0.4, 0.5) is 0 Å². The Morgan fingerprint density at radius 1 is 1.13 bits per heavy atom. The van der Waals surface area contributed by atoms with Gasteiger partial charge in [0.1, 0.15) is 5.75 Å². The van der Waals surface area contributed by atoms with Gasteiger partial charge in [-0.1, -0.05) is 42.5 Å². The molecule has 3 rings (SSSR count). The third-order valence-corrected chi connectivity index (χ3v) is 4.73. The topological polar surface area (TPSA) is 55.4 Å². The fourth-order valence-electron chi connectivity index (χ4n) is 2.35. The Labute approximate surface area is 139 Å². The Morgan fingerprint density at radius 2 is 1.87 bits per heavy atom. The van der Waals surface area contributed by atoms with E-state index in [-0.39, 0.29) is 23.5 Å². The monoisotopic (exact) mass is 327 g/mol. The molecule has 2 aromatic carbocycles. The molecule has 23 heavy (non-hydrogen) atoms. The summed E-state index contributed by atoms with van der Waals surface area (Å²) in [4.78, 5) is 23.5. The second-order valence-corrected chi connectivity index (χ2v) is 6.46. The van der Waals surface area contributed by atoms with Crippen LogP contribution in [0, 0.1) is 0 Å². The molecule has 2 aromatic rings. The number of hydrogen-bond acceptors (Lipinski definition) is 4. The van der Waals surface area contributed by atoms with Crippen LogP contribution in [0.25, 0.3) is 0 Å². The van der Waals surface area contributed by atoms with E-state index < -0.39 is 0 Å². The molecule has 1 fully saturated rings. The zero-order valence-corrected chi connectivity index (χ0v) is 13.3. The molecule has 0 bridgehead atoms. The van der Waals surface area contributed by atoms with Crippen molar-refractivity contribution >= 4 is 23.5 Å². The Balaban J connectivity index is 1.53. The number of ether oxygens (including phenoxy) is 1. The third-order valence-electron chi connectivity index (χ3n) is 3.63. The average molecular weight is 327 g/mol. The number of nitrogens with one attached hydrogen (secondary N) is 1. The first-order valence-electron chi connectivity index (χ1n) is 7.42. The molecule has 1 heterocycles. The Kier molecular flexibility index (Phi) is 4.98. The summed E-state index contributed by atoms with van der Waals surface area (Å²) in [6.45, 7) is 0.0181. The SMILES string of the molecule is O=C(COc1ccc(CC2SCNC2=O)cc1)c1ccccc1. The van der Waals surface area contributed by atoms with Crippen molar-refractivity contribution < 1.29 is 14.3 Å². The van der Waals surface area contributed by atoms with Gasteiger partial charge in [-0.15, -0.1) is 11.8 Å². The molecule has 4 nitrogen and oxygen atoms in total. The Morgan fingerprint density at radius 3 is 2.52 bits per heavy atom. The van der Waals surface area contributed by atoms with Gasteiger partial charge < -0.3 is 10.1 Å². The van der Waals surface area contributed by atoms with E-state index in [0.29, 0.717) is 23.6 Å². The van der Waals surface area contributed by atoms with E-state index in [4.69, 9.17) is 4.74 Å². The molecule has 5 heteroatoms. The van der Waals surface area contributed by atoms with Gasteiger partial charge in [0.05, 0.1) is 11.1 Å². The highest BCUT2D eigenvalue weighted by atomic mass is 32.2. The summed E-state index contributed by atoms with van der Waals surface area (Å²) >= 11 is 1.62. The van der Waals surface area contributed by atoms with Crippen molar-refractivity contribution in [1.29, 1.82) is 0 Å². The maximum Gasteiger partial charge on any atom is 0.234 e. The molecule has 1 saturated heterocycles. The lowest BCUT2D eigenvalue weighted by atomic mass is 10.1. The van der Waals surface area contributed by atoms with Gasteiger partial charge in [0.15, 0.2) is 12.4 Å². The van der Waals surface area contributed by atoms with E-state index in [0.717, 1.165) is 5.56 Å². The van der Waals surface area contributed by atoms with E-state index >= 15 is 0 Å². The van der Waals surface area contributed by atoms with Crippen LogP contribution in [0.2, 0.25) is 0 Å². The van der Waals surface area contributed by atoms with Gasteiger partial charge in [-0.3, -0.25) is 9.59 Å². The summed E-state index contributed by atoms with van der Waals surface area (Å²) in [5, 5.41) is 2.80. The largest absolute Gasteiger partial charge is 0.485 e.